The number of phenolic OH excluding ortho intramolecular Hbond substituents is 1. The lowest BCUT2D eigenvalue weighted by molar-refractivity contribution is 0.473. The van der Waals surface area contributed by atoms with E-state index in [1.807, 2.05) is 12.1 Å². The summed E-state index contributed by atoms with van der Waals surface area (Å²) in [6, 6.07) is 6.43. The molecule has 1 aromatic rings. The summed E-state index contributed by atoms with van der Waals surface area (Å²) < 4.78 is 0. The molecule has 0 aliphatic carbocycles. The molecular formula is C13H7N3O2. The zero-order valence-corrected chi connectivity index (χ0v) is 9.16. The van der Waals surface area contributed by atoms with Crippen LogP contribution in [0.1, 0.15) is 16.7 Å². The fourth-order valence-corrected chi connectivity index (χ4v) is 1.25. The van der Waals surface area contributed by atoms with Crippen LogP contribution < -0.4 is 0 Å². The molecule has 0 radical (unpaired) electrons. The maximum atomic E-state index is 9.79. The maximum absolute atomic E-state index is 9.79. The molecule has 1 rings (SSSR count). The number of phenols is 1. The van der Waals surface area contributed by atoms with Gasteiger partial charge in [0, 0.05) is 6.20 Å². The monoisotopic (exact) mass is 237 g/mol. The van der Waals surface area contributed by atoms with Crippen molar-refractivity contribution in [3.8, 4) is 17.9 Å². The van der Waals surface area contributed by atoms with Gasteiger partial charge in [0.05, 0.1) is 11.6 Å². The summed E-state index contributed by atoms with van der Waals surface area (Å²) in [6.07, 6.45) is 7.07. The van der Waals surface area contributed by atoms with Gasteiger partial charge in [-0.3, -0.25) is 0 Å². The van der Waals surface area contributed by atoms with Crippen LogP contribution in [0.4, 0.5) is 0 Å². The Morgan fingerprint density at radius 3 is 2.61 bits per heavy atom. The zero-order chi connectivity index (χ0) is 13.4. The summed E-state index contributed by atoms with van der Waals surface area (Å²) in [5.74, 6) is -0.244. The van der Waals surface area contributed by atoms with Crippen molar-refractivity contribution >= 4 is 12.2 Å². The van der Waals surface area contributed by atoms with Crippen molar-refractivity contribution < 1.29 is 9.90 Å². The number of benzene rings is 1. The van der Waals surface area contributed by atoms with Crippen LogP contribution in [-0.4, -0.2) is 11.2 Å². The number of isocyanates is 1. The third-order valence-electron chi connectivity index (χ3n) is 1.99. The molecular weight excluding hydrogens is 230 g/mol. The molecule has 0 bridgehead atoms. The molecule has 0 aromatic heterocycles. The lowest BCUT2D eigenvalue weighted by Crippen LogP contribution is -1.86. The summed E-state index contributed by atoms with van der Waals surface area (Å²) in [5, 5.41) is 27.2. The van der Waals surface area contributed by atoms with Crippen LogP contribution in [0.3, 0.4) is 0 Å². The van der Waals surface area contributed by atoms with Crippen LogP contribution in [0, 0.1) is 22.7 Å². The quantitative estimate of drug-likeness (QED) is 0.493. The number of nitriles is 2. The number of hydrogen-bond acceptors (Lipinski definition) is 5. The topological polar surface area (TPSA) is 97.2 Å². The molecule has 18 heavy (non-hydrogen) atoms. The van der Waals surface area contributed by atoms with E-state index in [1.165, 1.54) is 42.6 Å². The second-order valence-electron chi connectivity index (χ2n) is 3.10. The molecule has 86 valence electrons. The Morgan fingerprint density at radius 2 is 2.00 bits per heavy atom. The summed E-state index contributed by atoms with van der Waals surface area (Å²) in [7, 11) is 0. The molecule has 0 aliphatic heterocycles. The first-order valence-electron chi connectivity index (χ1n) is 4.80. The molecule has 0 aliphatic rings. The minimum atomic E-state index is -0.244. The summed E-state index contributed by atoms with van der Waals surface area (Å²) in [6.45, 7) is 0. The first kappa shape index (κ1) is 12.9. The molecule has 5 nitrogen and oxygen atoms in total. The highest BCUT2D eigenvalue weighted by molar-refractivity contribution is 5.65. The SMILES string of the molecule is N#Cc1cc(O)c(C#N)c(C=CC=CN=C=O)c1. The van der Waals surface area contributed by atoms with Gasteiger partial charge in [0.2, 0.25) is 6.08 Å². The van der Waals surface area contributed by atoms with E-state index in [2.05, 4.69) is 4.99 Å². The Bertz CT molecular complexity index is 639. The highest BCUT2D eigenvalue weighted by Crippen LogP contribution is 2.23. The summed E-state index contributed by atoms with van der Waals surface area (Å²) in [5.41, 5.74) is 0.743. The van der Waals surface area contributed by atoms with Crippen LogP contribution >= 0.6 is 0 Å². The molecule has 0 unspecified atom stereocenters. The minimum absolute atomic E-state index is 0.0811. The van der Waals surface area contributed by atoms with Crippen molar-refractivity contribution in [2.45, 2.75) is 0 Å². The van der Waals surface area contributed by atoms with Crippen LogP contribution in [-0.2, 0) is 4.79 Å². The molecule has 0 fully saturated rings. The van der Waals surface area contributed by atoms with E-state index in [1.54, 1.807) is 0 Å². The van der Waals surface area contributed by atoms with Gasteiger partial charge in [0.1, 0.15) is 17.4 Å². The van der Waals surface area contributed by atoms with Crippen LogP contribution in [0.25, 0.3) is 6.08 Å². The van der Waals surface area contributed by atoms with Gasteiger partial charge in [0.15, 0.2) is 0 Å². The van der Waals surface area contributed by atoms with Crippen molar-refractivity contribution in [2.75, 3.05) is 0 Å². The Morgan fingerprint density at radius 1 is 1.22 bits per heavy atom. The number of aromatic hydroxyl groups is 1. The van der Waals surface area contributed by atoms with Crippen molar-refractivity contribution in [1.29, 1.82) is 10.5 Å². The number of allylic oxidation sites excluding steroid dienone is 2. The first-order valence-corrected chi connectivity index (χ1v) is 4.80. The fraction of sp³-hybridized carbons (Fsp3) is 0. The lowest BCUT2D eigenvalue weighted by Gasteiger charge is -2.01. The van der Waals surface area contributed by atoms with Gasteiger partial charge >= 0.3 is 0 Å². The summed E-state index contributed by atoms with van der Waals surface area (Å²) in [4.78, 5) is 13.0. The van der Waals surface area contributed by atoms with Gasteiger partial charge in [-0.15, -0.1) is 0 Å². The Kier molecular flexibility index (Phi) is 4.63. The van der Waals surface area contributed by atoms with Gasteiger partial charge in [-0.2, -0.15) is 15.5 Å². The number of aliphatic imine (C=N–C) groups is 1. The molecule has 0 saturated carbocycles. The van der Waals surface area contributed by atoms with Crippen LogP contribution in [0.5, 0.6) is 5.75 Å². The van der Waals surface area contributed by atoms with Gasteiger partial charge in [-0.05, 0) is 23.8 Å². The molecule has 0 atom stereocenters. The third kappa shape index (κ3) is 3.18. The predicted molar refractivity (Wildman–Crippen MR) is 63.8 cm³/mol. The average Bonchev–Trinajstić information content (AvgIpc) is 2.38. The minimum Gasteiger partial charge on any atom is -0.506 e. The van der Waals surface area contributed by atoms with Crippen LogP contribution in [0.2, 0.25) is 0 Å². The summed E-state index contributed by atoms with van der Waals surface area (Å²) >= 11 is 0. The Balaban J connectivity index is 3.16. The normalized spacial score (nSPS) is 9.89. The molecule has 0 saturated heterocycles. The van der Waals surface area contributed by atoms with E-state index in [0.29, 0.717) is 5.56 Å². The Hall–Kier alpha value is -3.14. The smallest absolute Gasteiger partial charge is 0.239 e. The number of carbonyl (C=O) groups excluding carboxylic acids is 1. The van der Waals surface area contributed by atoms with Crippen molar-refractivity contribution in [3.63, 3.8) is 0 Å². The van der Waals surface area contributed by atoms with Crippen LogP contribution in [0.15, 0.2) is 35.5 Å². The highest BCUT2D eigenvalue weighted by Gasteiger charge is 2.07. The second-order valence-corrected chi connectivity index (χ2v) is 3.10. The standard InChI is InChI=1S/C13H7N3O2/c14-7-10-5-11(3-1-2-4-16-9-17)12(8-15)13(18)6-10/h1-6,18H. The van der Waals surface area contributed by atoms with E-state index in [4.69, 9.17) is 10.5 Å². The maximum Gasteiger partial charge on any atom is 0.239 e. The van der Waals surface area contributed by atoms with E-state index in [-0.39, 0.29) is 16.9 Å². The van der Waals surface area contributed by atoms with Gasteiger partial charge in [0.25, 0.3) is 0 Å². The number of nitrogens with zero attached hydrogens (tertiary/aromatic N) is 3. The van der Waals surface area contributed by atoms with E-state index >= 15 is 0 Å². The molecule has 0 amide bonds. The number of hydrogen-bond donors (Lipinski definition) is 1. The molecule has 0 heterocycles. The molecule has 1 N–H and O–H groups in total. The van der Waals surface area contributed by atoms with Gasteiger partial charge < -0.3 is 5.11 Å². The number of rotatable bonds is 3. The second kappa shape index (κ2) is 6.44. The van der Waals surface area contributed by atoms with Crippen molar-refractivity contribution in [1.82, 2.24) is 0 Å². The zero-order valence-electron chi connectivity index (χ0n) is 9.16. The van der Waals surface area contributed by atoms with Crippen molar-refractivity contribution in [3.05, 3.63) is 47.2 Å². The first-order chi connectivity index (χ1) is 8.72. The Labute approximate surface area is 103 Å². The van der Waals surface area contributed by atoms with Gasteiger partial charge in [-0.25, -0.2) is 4.79 Å². The van der Waals surface area contributed by atoms with Crippen molar-refractivity contribution in [2.24, 2.45) is 4.99 Å². The lowest BCUT2D eigenvalue weighted by atomic mass is 10.0. The largest absolute Gasteiger partial charge is 0.506 e. The molecule has 5 heteroatoms. The predicted octanol–water partition coefficient (Wildman–Crippen LogP) is 2.00. The molecule has 0 spiro atoms. The van der Waals surface area contributed by atoms with E-state index < -0.39 is 0 Å². The highest BCUT2D eigenvalue weighted by atomic mass is 16.3. The molecule has 1 aromatic carbocycles. The average molecular weight is 237 g/mol. The fourth-order valence-electron chi connectivity index (χ4n) is 1.25. The van der Waals surface area contributed by atoms with Gasteiger partial charge in [-0.1, -0.05) is 12.2 Å². The van der Waals surface area contributed by atoms with E-state index in [0.717, 1.165) is 0 Å². The third-order valence-corrected chi connectivity index (χ3v) is 1.99. The van der Waals surface area contributed by atoms with E-state index in [9.17, 15) is 9.90 Å².